The van der Waals surface area contributed by atoms with Crippen LogP contribution in [-0.2, 0) is 25.8 Å². The number of carbonyl (C=O) groups excluding carboxylic acids is 1. The molecule has 0 heterocycles. The van der Waals surface area contributed by atoms with Crippen molar-refractivity contribution in [2.45, 2.75) is 10.6 Å². The highest BCUT2D eigenvalue weighted by molar-refractivity contribution is 7.92. The standard InChI is InChI=1S/C14H14ClN3O5S2/c15-13-4-2-1-3-10(13)9-24(20,21)17-11-5-7-12(8-6-11)25(22,23)18-14(16)19/h1-8,17H,9H2,(H3,16,18,19). The number of nitrogens with two attached hydrogens (primary N) is 1. The maximum Gasteiger partial charge on any atom is 0.326 e. The summed E-state index contributed by atoms with van der Waals surface area (Å²) in [7, 11) is -7.84. The maximum atomic E-state index is 12.2. The molecule has 0 saturated heterocycles. The number of halogens is 1. The van der Waals surface area contributed by atoms with Crippen molar-refractivity contribution in [2.24, 2.45) is 5.73 Å². The summed E-state index contributed by atoms with van der Waals surface area (Å²) in [6, 6.07) is 10.1. The number of hydrogen-bond donors (Lipinski definition) is 3. The molecule has 134 valence electrons. The molecule has 0 aliphatic heterocycles. The molecule has 0 spiro atoms. The van der Waals surface area contributed by atoms with Gasteiger partial charge in [-0.15, -0.1) is 0 Å². The molecule has 0 aliphatic carbocycles. The molecular weight excluding hydrogens is 390 g/mol. The number of nitrogens with one attached hydrogen (secondary N) is 2. The summed E-state index contributed by atoms with van der Waals surface area (Å²) in [5, 5.41) is 0.326. The normalized spacial score (nSPS) is 11.7. The Kier molecular flexibility index (Phi) is 5.55. The van der Waals surface area contributed by atoms with Crippen LogP contribution in [0.2, 0.25) is 5.02 Å². The summed E-state index contributed by atoms with van der Waals surface area (Å²) in [4.78, 5) is 10.4. The second kappa shape index (κ2) is 7.30. The molecule has 4 N–H and O–H groups in total. The number of amides is 2. The van der Waals surface area contributed by atoms with Crippen molar-refractivity contribution in [3.63, 3.8) is 0 Å². The van der Waals surface area contributed by atoms with Crippen LogP contribution in [0.4, 0.5) is 10.5 Å². The largest absolute Gasteiger partial charge is 0.351 e. The van der Waals surface area contributed by atoms with Crippen LogP contribution in [0.25, 0.3) is 0 Å². The van der Waals surface area contributed by atoms with Crippen LogP contribution in [0, 0.1) is 0 Å². The van der Waals surface area contributed by atoms with E-state index >= 15 is 0 Å². The van der Waals surface area contributed by atoms with E-state index in [1.807, 2.05) is 0 Å². The van der Waals surface area contributed by atoms with E-state index in [9.17, 15) is 21.6 Å². The number of sulfonamides is 2. The number of rotatable bonds is 6. The van der Waals surface area contributed by atoms with Crippen molar-refractivity contribution in [3.05, 3.63) is 59.1 Å². The first-order valence-corrected chi connectivity index (χ1v) is 10.3. The number of hydrogen-bond acceptors (Lipinski definition) is 5. The zero-order valence-corrected chi connectivity index (χ0v) is 15.0. The van der Waals surface area contributed by atoms with Gasteiger partial charge in [-0.25, -0.2) is 26.4 Å². The third kappa shape index (κ3) is 5.34. The van der Waals surface area contributed by atoms with Crippen LogP contribution in [0.15, 0.2) is 53.4 Å². The fourth-order valence-electron chi connectivity index (χ4n) is 1.93. The summed E-state index contributed by atoms with van der Waals surface area (Å²) in [6.07, 6.45) is 0. The van der Waals surface area contributed by atoms with Crippen molar-refractivity contribution in [3.8, 4) is 0 Å². The van der Waals surface area contributed by atoms with Gasteiger partial charge in [-0.2, -0.15) is 0 Å². The summed E-state index contributed by atoms with van der Waals surface area (Å²) in [5.74, 6) is -0.337. The highest BCUT2D eigenvalue weighted by Crippen LogP contribution is 2.20. The van der Waals surface area contributed by atoms with Gasteiger partial charge in [0, 0.05) is 10.7 Å². The van der Waals surface area contributed by atoms with Crippen molar-refractivity contribution in [1.29, 1.82) is 0 Å². The maximum absolute atomic E-state index is 12.2. The molecule has 11 heteroatoms. The van der Waals surface area contributed by atoms with E-state index in [4.69, 9.17) is 17.3 Å². The Balaban J connectivity index is 2.15. The summed E-state index contributed by atoms with van der Waals surface area (Å²) < 4.78 is 51.8. The number of anilines is 1. The fraction of sp³-hybridized carbons (Fsp3) is 0.0714. The molecule has 0 saturated carbocycles. The van der Waals surface area contributed by atoms with E-state index in [-0.39, 0.29) is 16.3 Å². The second-order valence-electron chi connectivity index (χ2n) is 4.95. The molecule has 25 heavy (non-hydrogen) atoms. The average molecular weight is 404 g/mol. The van der Waals surface area contributed by atoms with E-state index in [1.165, 1.54) is 12.1 Å². The molecule has 0 atom stereocenters. The predicted octanol–water partition coefficient (Wildman–Crippen LogP) is 1.64. The van der Waals surface area contributed by atoms with Crippen LogP contribution in [0.5, 0.6) is 0 Å². The SMILES string of the molecule is NC(=O)NS(=O)(=O)c1ccc(NS(=O)(=O)Cc2ccccc2Cl)cc1. The zero-order valence-electron chi connectivity index (χ0n) is 12.6. The minimum atomic E-state index is -4.09. The minimum absolute atomic E-state index is 0.157. The van der Waals surface area contributed by atoms with Crippen molar-refractivity contribution < 1.29 is 21.6 Å². The first-order valence-electron chi connectivity index (χ1n) is 6.75. The van der Waals surface area contributed by atoms with Crippen LogP contribution >= 0.6 is 11.6 Å². The van der Waals surface area contributed by atoms with Crippen LogP contribution in [0.1, 0.15) is 5.56 Å². The Morgan fingerprint density at radius 3 is 2.16 bits per heavy atom. The highest BCUT2D eigenvalue weighted by Gasteiger charge is 2.17. The average Bonchev–Trinajstić information content (AvgIpc) is 2.48. The van der Waals surface area contributed by atoms with E-state index in [0.29, 0.717) is 10.6 Å². The van der Waals surface area contributed by atoms with Crippen LogP contribution in [0.3, 0.4) is 0 Å². The molecule has 2 rings (SSSR count). The van der Waals surface area contributed by atoms with E-state index < -0.39 is 26.1 Å². The third-order valence-corrected chi connectivity index (χ3v) is 5.95. The molecule has 0 aromatic heterocycles. The minimum Gasteiger partial charge on any atom is -0.351 e. The van der Waals surface area contributed by atoms with E-state index in [2.05, 4.69) is 4.72 Å². The van der Waals surface area contributed by atoms with Gasteiger partial charge in [0.25, 0.3) is 10.0 Å². The molecule has 2 amide bonds. The van der Waals surface area contributed by atoms with Gasteiger partial charge in [0.2, 0.25) is 10.0 Å². The Morgan fingerprint density at radius 1 is 1.00 bits per heavy atom. The first-order chi connectivity index (χ1) is 11.6. The molecule has 0 fully saturated rings. The van der Waals surface area contributed by atoms with Crippen molar-refractivity contribution >= 4 is 43.4 Å². The lowest BCUT2D eigenvalue weighted by Gasteiger charge is -2.10. The second-order valence-corrected chi connectivity index (χ2v) is 8.76. The van der Waals surface area contributed by atoms with Gasteiger partial charge in [-0.1, -0.05) is 29.8 Å². The molecule has 0 bridgehead atoms. The van der Waals surface area contributed by atoms with Gasteiger partial charge in [0.15, 0.2) is 0 Å². The summed E-state index contributed by atoms with van der Waals surface area (Å²) in [6.45, 7) is 0. The summed E-state index contributed by atoms with van der Waals surface area (Å²) >= 11 is 5.94. The predicted molar refractivity (Wildman–Crippen MR) is 94.0 cm³/mol. The molecule has 0 radical (unpaired) electrons. The van der Waals surface area contributed by atoms with Crippen molar-refractivity contribution in [1.82, 2.24) is 4.72 Å². The van der Waals surface area contributed by atoms with E-state index in [0.717, 1.165) is 12.1 Å². The number of benzene rings is 2. The van der Waals surface area contributed by atoms with Gasteiger partial charge >= 0.3 is 6.03 Å². The zero-order chi connectivity index (χ0) is 18.7. The number of urea groups is 1. The molecule has 0 unspecified atom stereocenters. The number of carbonyl (C=O) groups is 1. The molecule has 0 aliphatic rings. The fourth-order valence-corrected chi connectivity index (χ4v) is 4.32. The van der Waals surface area contributed by atoms with Gasteiger partial charge in [-0.3, -0.25) is 4.72 Å². The van der Waals surface area contributed by atoms with Crippen LogP contribution in [-0.4, -0.2) is 22.9 Å². The third-order valence-electron chi connectivity index (χ3n) is 2.98. The Labute approximate surface area is 150 Å². The van der Waals surface area contributed by atoms with Crippen molar-refractivity contribution in [2.75, 3.05) is 4.72 Å². The lowest BCUT2D eigenvalue weighted by Crippen LogP contribution is -2.34. The first kappa shape index (κ1) is 19.0. The Bertz CT molecular complexity index is 989. The molecule has 2 aromatic rings. The van der Waals surface area contributed by atoms with Gasteiger partial charge in [0.05, 0.1) is 10.6 Å². The highest BCUT2D eigenvalue weighted by atomic mass is 35.5. The smallest absolute Gasteiger partial charge is 0.326 e. The molecule has 2 aromatic carbocycles. The quantitative estimate of drug-likeness (QED) is 0.673. The topological polar surface area (TPSA) is 135 Å². The summed E-state index contributed by atoms with van der Waals surface area (Å²) in [5.41, 5.74) is 5.37. The van der Waals surface area contributed by atoms with E-state index in [1.54, 1.807) is 29.0 Å². The monoisotopic (exact) mass is 403 g/mol. The van der Waals surface area contributed by atoms with Crippen LogP contribution < -0.4 is 15.2 Å². The number of primary amides is 1. The molecule has 8 nitrogen and oxygen atoms in total. The lowest BCUT2D eigenvalue weighted by molar-refractivity contribution is 0.253. The lowest BCUT2D eigenvalue weighted by atomic mass is 10.2. The molecular formula is C14H14ClN3O5S2. The van der Waals surface area contributed by atoms with Gasteiger partial charge < -0.3 is 5.73 Å². The Morgan fingerprint density at radius 2 is 1.60 bits per heavy atom. The van der Waals surface area contributed by atoms with Gasteiger partial charge in [-0.05, 0) is 35.9 Å². The Hall–Kier alpha value is -2.30. The van der Waals surface area contributed by atoms with Gasteiger partial charge in [0.1, 0.15) is 0 Å².